The van der Waals surface area contributed by atoms with Gasteiger partial charge in [-0.05, 0) is 33.6 Å². The van der Waals surface area contributed by atoms with E-state index in [2.05, 4.69) is 74.4 Å². The van der Waals surface area contributed by atoms with Crippen LogP contribution < -0.4 is 5.32 Å². The Hall–Kier alpha value is -0.950. The second-order valence-corrected chi connectivity index (χ2v) is 10.2. The van der Waals surface area contributed by atoms with Gasteiger partial charge in [-0.15, -0.1) is 18.7 Å². The van der Waals surface area contributed by atoms with Gasteiger partial charge in [0, 0.05) is 53.9 Å². The van der Waals surface area contributed by atoms with E-state index in [4.69, 9.17) is 10.5 Å². The van der Waals surface area contributed by atoms with Crippen LogP contribution in [-0.4, -0.2) is 72.5 Å². The lowest BCUT2D eigenvalue weighted by Crippen LogP contribution is -2.50. The van der Waals surface area contributed by atoms with Crippen molar-refractivity contribution in [2.75, 3.05) is 53.9 Å². The molecule has 0 saturated heterocycles. The van der Waals surface area contributed by atoms with Crippen molar-refractivity contribution in [2.24, 2.45) is 0 Å². The molecule has 0 atom stereocenters. The summed E-state index contributed by atoms with van der Waals surface area (Å²) in [4.78, 5) is 0. The first kappa shape index (κ1) is 28.3. The average molecular weight is 401 g/mol. The third-order valence-corrected chi connectivity index (χ3v) is 9.53. The molecule has 0 amide bonds. The topological polar surface area (TPSA) is 72.6 Å². The number of hydrogen-bond donors (Lipinski definition) is 1. The summed E-state index contributed by atoms with van der Waals surface area (Å²) in [6.07, 6.45) is 7.93. The second-order valence-electron chi connectivity index (χ2n) is 6.47. The molecule has 7 nitrogen and oxygen atoms in total. The van der Waals surface area contributed by atoms with E-state index >= 15 is 0 Å². The number of hydrogen-bond acceptors (Lipinski definition) is 7. The molecule has 0 fully saturated rings. The van der Waals surface area contributed by atoms with Crippen molar-refractivity contribution >= 4 is 7.87 Å². The van der Waals surface area contributed by atoms with Gasteiger partial charge in [0.25, 0.3) is 0 Å². The normalized spacial score (nSPS) is 11.3. The molecule has 0 aromatic rings. The fraction of sp³-hybridized carbons (Fsp3) is 0.895. The quantitative estimate of drug-likeness (QED) is 0.285. The molecule has 0 heterocycles. The smallest absolute Gasteiger partial charge is 0.229 e. The first-order valence-electron chi connectivity index (χ1n) is 10.2. The lowest BCUT2D eigenvalue weighted by Gasteiger charge is -2.48. The Labute approximate surface area is 169 Å². The lowest BCUT2D eigenvalue weighted by molar-refractivity contribution is 0.284. The predicted octanol–water partition coefficient (Wildman–Crippen LogP) is 3.96. The van der Waals surface area contributed by atoms with E-state index in [0.29, 0.717) is 0 Å². The molecule has 0 unspecified atom stereocenters. The highest BCUT2D eigenvalue weighted by Gasteiger charge is 2.56. The molecule has 27 heavy (non-hydrogen) atoms. The van der Waals surface area contributed by atoms with Crippen molar-refractivity contribution in [3.63, 3.8) is 0 Å². The van der Waals surface area contributed by atoms with Crippen LogP contribution in [0.4, 0.5) is 0 Å². The largest absolute Gasteiger partial charge is 0.307 e. The van der Waals surface area contributed by atoms with Crippen LogP contribution in [0.25, 0.3) is 0 Å². The number of nitrogens with one attached hydrogen (secondary N) is 1. The molecule has 0 saturated carbocycles. The van der Waals surface area contributed by atoms with Crippen LogP contribution in [0.1, 0.15) is 60.3 Å². The van der Waals surface area contributed by atoms with Gasteiger partial charge in [-0.25, -0.2) is 5.32 Å². The molecule has 0 aromatic heterocycles. The van der Waals surface area contributed by atoms with Crippen LogP contribution >= 0.6 is 7.87 Å². The van der Waals surface area contributed by atoms with E-state index < -0.39 is 7.87 Å². The third kappa shape index (κ3) is 8.73. The van der Waals surface area contributed by atoms with Crippen molar-refractivity contribution in [3.8, 4) is 12.4 Å². The maximum atomic E-state index is 7.48. The lowest BCUT2D eigenvalue weighted by atomic mass is 10.3. The van der Waals surface area contributed by atoms with Crippen LogP contribution in [-0.2, 0) is 0 Å². The van der Waals surface area contributed by atoms with Crippen LogP contribution in [0, 0.1) is 22.9 Å². The zero-order valence-electron chi connectivity index (χ0n) is 19.0. The predicted molar refractivity (Wildman–Crippen MR) is 118 cm³/mol. The van der Waals surface area contributed by atoms with Crippen molar-refractivity contribution in [1.82, 2.24) is 24.0 Å². The minimum atomic E-state index is -1.61. The van der Waals surface area contributed by atoms with Crippen LogP contribution in [0.5, 0.6) is 0 Å². The molecule has 0 aliphatic rings. The molecule has 0 bridgehead atoms. The van der Waals surface area contributed by atoms with E-state index in [0.717, 1.165) is 19.6 Å². The number of nitriles is 2. The summed E-state index contributed by atoms with van der Waals surface area (Å²) < 4.78 is 10.7. The molecule has 0 aliphatic heterocycles. The molecular formula is C19H43N7P+. The molecule has 1 N–H and O–H groups in total. The first-order chi connectivity index (χ1) is 12.9. The number of nitrogens with zero attached hydrogens (tertiary/aromatic N) is 6. The van der Waals surface area contributed by atoms with Crippen LogP contribution in [0.2, 0.25) is 0 Å². The highest BCUT2D eigenvalue weighted by Crippen LogP contribution is 2.68. The SMILES string of the molecule is CCCCN(CCCC)[P+](N(C)CC)(N(C)CC)N(C)CC.N#CNC#N. The maximum Gasteiger partial charge on any atom is 0.307 e. The monoisotopic (exact) mass is 400 g/mol. The summed E-state index contributed by atoms with van der Waals surface area (Å²) in [6.45, 7) is 17.2. The zero-order chi connectivity index (χ0) is 21.3. The summed E-state index contributed by atoms with van der Waals surface area (Å²) in [7, 11) is 5.34. The van der Waals surface area contributed by atoms with Crippen molar-refractivity contribution in [1.29, 1.82) is 10.5 Å². The molecule has 0 aromatic carbocycles. The Kier molecular flexibility index (Phi) is 18.0. The molecule has 158 valence electrons. The highest BCUT2D eigenvalue weighted by molar-refractivity contribution is 7.66. The van der Waals surface area contributed by atoms with Gasteiger partial charge in [0.2, 0.25) is 0 Å². The summed E-state index contributed by atoms with van der Waals surface area (Å²) >= 11 is 0. The standard InChI is InChI=1S/C17H42N4P.C2HN3/c1-9-14-16-21(17-15-10-2)22(18(6)11-3,19(7)12-4)20(8)13-5;3-1-5-2-4/h9-17H2,1-8H3;5H/q+1;. The van der Waals surface area contributed by atoms with E-state index in [9.17, 15) is 0 Å². The number of unbranched alkanes of at least 4 members (excludes halogenated alkanes) is 2. The number of rotatable bonds is 13. The fourth-order valence-electron chi connectivity index (χ4n) is 3.09. The second kappa shape index (κ2) is 17.2. The Bertz CT molecular complexity index is 386. The van der Waals surface area contributed by atoms with E-state index in [1.807, 2.05) is 0 Å². The Morgan fingerprint density at radius 2 is 1.04 bits per heavy atom. The molecule has 0 spiro atoms. The first-order valence-corrected chi connectivity index (χ1v) is 11.8. The van der Waals surface area contributed by atoms with E-state index in [-0.39, 0.29) is 0 Å². The van der Waals surface area contributed by atoms with Gasteiger partial charge >= 0.3 is 7.87 Å². The summed E-state index contributed by atoms with van der Waals surface area (Å²) in [5.74, 6) is 0. The third-order valence-electron chi connectivity index (χ3n) is 4.78. The molecule has 0 radical (unpaired) electrons. The van der Waals surface area contributed by atoms with Crippen LogP contribution in [0.3, 0.4) is 0 Å². The van der Waals surface area contributed by atoms with Crippen molar-refractivity contribution in [3.05, 3.63) is 0 Å². The summed E-state index contributed by atoms with van der Waals surface area (Å²) in [6, 6.07) is 0. The maximum absolute atomic E-state index is 7.48. The highest BCUT2D eigenvalue weighted by atomic mass is 31.2. The molecular weight excluding hydrogens is 357 g/mol. The average Bonchev–Trinajstić information content (AvgIpc) is 2.69. The minimum Gasteiger partial charge on any atom is -0.229 e. The van der Waals surface area contributed by atoms with Gasteiger partial charge in [-0.1, -0.05) is 26.7 Å². The molecule has 8 heteroatoms. The van der Waals surface area contributed by atoms with Crippen LogP contribution in [0.15, 0.2) is 0 Å². The van der Waals surface area contributed by atoms with Gasteiger partial charge in [0.1, 0.15) is 0 Å². The van der Waals surface area contributed by atoms with Gasteiger partial charge < -0.3 is 0 Å². The van der Waals surface area contributed by atoms with Gasteiger partial charge in [-0.3, -0.25) is 0 Å². The van der Waals surface area contributed by atoms with Gasteiger partial charge in [0.15, 0.2) is 12.4 Å². The Balaban J connectivity index is 0. The van der Waals surface area contributed by atoms with E-state index in [1.165, 1.54) is 51.2 Å². The van der Waals surface area contributed by atoms with Crippen molar-refractivity contribution in [2.45, 2.75) is 60.3 Å². The zero-order valence-corrected chi connectivity index (χ0v) is 19.9. The Morgan fingerprint density at radius 1 is 0.704 bits per heavy atom. The van der Waals surface area contributed by atoms with Gasteiger partial charge in [-0.2, -0.15) is 10.5 Å². The summed E-state index contributed by atoms with van der Waals surface area (Å²) in [5.41, 5.74) is 0. The van der Waals surface area contributed by atoms with E-state index in [1.54, 1.807) is 5.32 Å². The Morgan fingerprint density at radius 3 is 1.22 bits per heavy atom. The summed E-state index contributed by atoms with van der Waals surface area (Å²) in [5, 5.41) is 16.7. The molecule has 0 rings (SSSR count). The van der Waals surface area contributed by atoms with Crippen molar-refractivity contribution < 1.29 is 0 Å². The van der Waals surface area contributed by atoms with Gasteiger partial charge in [0.05, 0.1) is 0 Å². The fourth-order valence-corrected chi connectivity index (χ4v) is 7.90. The minimum absolute atomic E-state index is 1.09. The molecule has 0 aliphatic carbocycles.